The van der Waals surface area contributed by atoms with Crippen LogP contribution >= 0.6 is 11.8 Å². The van der Waals surface area contributed by atoms with Gasteiger partial charge in [0.25, 0.3) is 0 Å². The smallest absolute Gasteiger partial charge is 0.235 e. The van der Waals surface area contributed by atoms with Crippen LogP contribution in [0.3, 0.4) is 0 Å². The van der Waals surface area contributed by atoms with Crippen LogP contribution in [0.15, 0.2) is 29.4 Å². The zero-order chi connectivity index (χ0) is 16.3. The number of thioether (sulfide) groups is 1. The molecule has 0 saturated heterocycles. The Morgan fingerprint density at radius 1 is 1.18 bits per heavy atom. The highest BCUT2D eigenvalue weighted by Crippen LogP contribution is 2.24. The van der Waals surface area contributed by atoms with Crippen LogP contribution in [0.5, 0.6) is 0 Å². The van der Waals surface area contributed by atoms with Gasteiger partial charge in [-0.1, -0.05) is 37.7 Å². The molecule has 0 fully saturated rings. The Kier molecular flexibility index (Phi) is 5.18. The fraction of sp³-hybridized carbons (Fsp3) is 0.467. The first-order valence-electron chi connectivity index (χ1n) is 7.16. The Morgan fingerprint density at radius 3 is 2.36 bits per heavy atom. The molecule has 1 amide bonds. The van der Waals surface area contributed by atoms with Crippen LogP contribution in [0, 0.1) is 0 Å². The molecule has 1 aromatic heterocycles. The number of carbonyl (C=O) groups excluding carboxylic acids is 1. The molecule has 0 bridgehead atoms. The van der Waals surface area contributed by atoms with Crippen molar-refractivity contribution in [2.24, 2.45) is 0 Å². The maximum Gasteiger partial charge on any atom is 0.235 e. The topological polar surface area (TPSA) is 63.9 Å². The normalized spacial score (nSPS) is 12.5. The molecule has 0 aliphatic heterocycles. The summed E-state index contributed by atoms with van der Waals surface area (Å²) >= 11 is 1.35. The summed E-state index contributed by atoms with van der Waals surface area (Å²) < 4.78 is 1.66. The lowest BCUT2D eigenvalue weighted by molar-refractivity contribution is -0.127. The third-order valence-electron chi connectivity index (χ3n) is 3.32. The minimum atomic E-state index is -0.241. The van der Waals surface area contributed by atoms with Gasteiger partial charge in [0.05, 0.1) is 10.9 Å². The lowest BCUT2D eigenvalue weighted by Crippen LogP contribution is -2.29. The predicted octanol–water partition coefficient (Wildman–Crippen LogP) is 2.35. The highest BCUT2D eigenvalue weighted by atomic mass is 32.2. The molecule has 1 heterocycles. The van der Waals surface area contributed by atoms with Crippen LogP contribution in [0.1, 0.15) is 32.3 Å². The van der Waals surface area contributed by atoms with E-state index < -0.39 is 0 Å². The summed E-state index contributed by atoms with van der Waals surface area (Å²) in [5.74, 6) is 0.518. The van der Waals surface area contributed by atoms with Crippen molar-refractivity contribution in [1.29, 1.82) is 0 Å². The van der Waals surface area contributed by atoms with Crippen LogP contribution in [0.25, 0.3) is 5.69 Å². The zero-order valence-electron chi connectivity index (χ0n) is 13.5. The second-order valence-corrected chi connectivity index (χ2v) is 6.92. The molecule has 0 aliphatic rings. The molecule has 0 saturated carbocycles. The fourth-order valence-electron chi connectivity index (χ4n) is 1.99. The molecule has 0 aliphatic carbocycles. The van der Waals surface area contributed by atoms with Gasteiger partial charge in [0.15, 0.2) is 0 Å². The number of tetrazole rings is 1. The standard InChI is InChI=1S/C15H21N5OS/c1-10(2)12-6-8-13(9-7-12)20-15(16-17-18-20)22-11(3)14(21)19(4)5/h6-11H,1-5H3/t11-/m1/s1. The van der Waals surface area contributed by atoms with E-state index in [1.54, 1.807) is 23.7 Å². The molecule has 1 aromatic carbocycles. The van der Waals surface area contributed by atoms with Crippen molar-refractivity contribution < 1.29 is 4.79 Å². The molecular weight excluding hydrogens is 298 g/mol. The summed E-state index contributed by atoms with van der Waals surface area (Å²) in [4.78, 5) is 13.5. The maximum absolute atomic E-state index is 12.0. The van der Waals surface area contributed by atoms with Gasteiger partial charge >= 0.3 is 0 Å². The summed E-state index contributed by atoms with van der Waals surface area (Å²) in [7, 11) is 3.49. The number of nitrogens with zero attached hydrogens (tertiary/aromatic N) is 5. The molecule has 22 heavy (non-hydrogen) atoms. The van der Waals surface area contributed by atoms with Crippen LogP contribution < -0.4 is 0 Å². The lowest BCUT2D eigenvalue weighted by Gasteiger charge is -2.15. The van der Waals surface area contributed by atoms with Gasteiger partial charge in [0.2, 0.25) is 11.1 Å². The van der Waals surface area contributed by atoms with Crippen molar-refractivity contribution in [3.63, 3.8) is 0 Å². The molecule has 0 unspecified atom stereocenters. The number of hydrogen-bond donors (Lipinski definition) is 0. The number of carbonyl (C=O) groups is 1. The maximum atomic E-state index is 12.0. The quantitative estimate of drug-likeness (QED) is 0.792. The van der Waals surface area contributed by atoms with Crippen LogP contribution in [-0.2, 0) is 4.79 Å². The Balaban J connectivity index is 2.20. The van der Waals surface area contributed by atoms with Gasteiger partial charge in [-0.2, -0.15) is 4.68 Å². The van der Waals surface area contributed by atoms with Crippen LogP contribution in [0.4, 0.5) is 0 Å². The van der Waals surface area contributed by atoms with Gasteiger partial charge in [-0.25, -0.2) is 0 Å². The second-order valence-electron chi connectivity index (χ2n) is 5.61. The van der Waals surface area contributed by atoms with E-state index in [1.165, 1.54) is 17.3 Å². The minimum Gasteiger partial charge on any atom is -0.348 e. The number of aromatic nitrogens is 4. The zero-order valence-corrected chi connectivity index (χ0v) is 14.3. The Bertz CT molecular complexity index is 636. The Labute approximate surface area is 134 Å². The van der Waals surface area contributed by atoms with E-state index in [-0.39, 0.29) is 11.2 Å². The van der Waals surface area contributed by atoms with Gasteiger partial charge in [-0.05, 0) is 41.0 Å². The number of benzene rings is 1. The van der Waals surface area contributed by atoms with E-state index in [4.69, 9.17) is 0 Å². The highest BCUT2D eigenvalue weighted by molar-refractivity contribution is 8.00. The average Bonchev–Trinajstić information content (AvgIpc) is 2.94. The number of hydrogen-bond acceptors (Lipinski definition) is 5. The van der Waals surface area contributed by atoms with E-state index in [2.05, 4.69) is 41.5 Å². The van der Waals surface area contributed by atoms with E-state index >= 15 is 0 Å². The largest absolute Gasteiger partial charge is 0.348 e. The molecule has 0 spiro atoms. The van der Waals surface area contributed by atoms with Crippen molar-refractivity contribution in [3.8, 4) is 5.69 Å². The Morgan fingerprint density at radius 2 is 1.82 bits per heavy atom. The summed E-state index contributed by atoms with van der Waals surface area (Å²) in [5.41, 5.74) is 2.16. The third kappa shape index (κ3) is 3.65. The van der Waals surface area contributed by atoms with E-state index in [0.717, 1.165) is 5.69 Å². The molecule has 0 N–H and O–H groups in total. The first-order valence-corrected chi connectivity index (χ1v) is 8.04. The molecule has 2 rings (SSSR count). The fourth-order valence-corrected chi connectivity index (χ4v) is 2.94. The van der Waals surface area contributed by atoms with E-state index in [1.807, 2.05) is 19.1 Å². The van der Waals surface area contributed by atoms with Gasteiger partial charge in [-0.3, -0.25) is 4.79 Å². The minimum absolute atomic E-state index is 0.0368. The second kappa shape index (κ2) is 6.91. The van der Waals surface area contributed by atoms with Crippen molar-refractivity contribution in [2.45, 2.75) is 37.1 Å². The van der Waals surface area contributed by atoms with Gasteiger partial charge in [0.1, 0.15) is 0 Å². The average molecular weight is 319 g/mol. The molecule has 1 atom stereocenters. The molecule has 0 radical (unpaired) electrons. The molecular formula is C15H21N5OS. The number of amides is 1. The molecule has 2 aromatic rings. The lowest BCUT2D eigenvalue weighted by atomic mass is 10.0. The summed E-state index contributed by atoms with van der Waals surface area (Å²) in [6, 6.07) is 8.14. The highest BCUT2D eigenvalue weighted by Gasteiger charge is 2.20. The summed E-state index contributed by atoms with van der Waals surface area (Å²) in [6.45, 7) is 6.16. The van der Waals surface area contributed by atoms with Gasteiger partial charge < -0.3 is 4.90 Å². The number of rotatable bonds is 5. The molecule has 118 valence electrons. The first kappa shape index (κ1) is 16.5. The monoisotopic (exact) mass is 319 g/mol. The van der Waals surface area contributed by atoms with Crippen LogP contribution in [-0.4, -0.2) is 50.4 Å². The third-order valence-corrected chi connectivity index (χ3v) is 4.34. The predicted molar refractivity (Wildman–Crippen MR) is 87.3 cm³/mol. The van der Waals surface area contributed by atoms with Crippen LogP contribution in [0.2, 0.25) is 0 Å². The van der Waals surface area contributed by atoms with Gasteiger partial charge in [0, 0.05) is 14.1 Å². The van der Waals surface area contributed by atoms with Crippen molar-refractivity contribution >= 4 is 17.7 Å². The van der Waals surface area contributed by atoms with Gasteiger partial charge in [-0.15, -0.1) is 5.10 Å². The van der Waals surface area contributed by atoms with E-state index in [9.17, 15) is 4.79 Å². The van der Waals surface area contributed by atoms with Crippen molar-refractivity contribution in [3.05, 3.63) is 29.8 Å². The van der Waals surface area contributed by atoms with Crippen molar-refractivity contribution in [1.82, 2.24) is 25.1 Å². The van der Waals surface area contributed by atoms with E-state index in [0.29, 0.717) is 11.1 Å². The SMILES string of the molecule is CC(C)c1ccc(-n2nnnc2S[C@H](C)C(=O)N(C)C)cc1. The molecule has 6 nitrogen and oxygen atoms in total. The Hall–Kier alpha value is -1.89. The first-order chi connectivity index (χ1) is 10.4. The molecule has 7 heteroatoms. The summed E-state index contributed by atoms with van der Waals surface area (Å²) in [6.07, 6.45) is 0. The summed E-state index contributed by atoms with van der Waals surface area (Å²) in [5, 5.41) is 12.2. The van der Waals surface area contributed by atoms with Crippen molar-refractivity contribution in [2.75, 3.05) is 14.1 Å².